The average molecular weight is 769 g/mol. The molecule has 0 fully saturated rings. The molecule has 0 radical (unpaired) electrons. The van der Waals surface area contributed by atoms with Crippen LogP contribution in [-0.2, 0) is 5.41 Å². The number of para-hydroxylation sites is 1. The van der Waals surface area contributed by atoms with Crippen molar-refractivity contribution in [1.29, 1.82) is 0 Å². The molecule has 0 unspecified atom stereocenters. The second kappa shape index (κ2) is 16.3. The predicted octanol–water partition coefficient (Wildman–Crippen LogP) is 15.4. The molecule has 1 N–H and O–H groups in total. The van der Waals surface area contributed by atoms with Crippen LogP contribution in [0.15, 0.2) is 170 Å². The second-order valence-electron chi connectivity index (χ2n) is 17.3. The molecule has 3 nitrogen and oxygen atoms in total. The third-order valence-electron chi connectivity index (χ3n) is 11.3. The van der Waals surface area contributed by atoms with Gasteiger partial charge in [0.15, 0.2) is 0 Å². The molecule has 0 atom stereocenters. The van der Waals surface area contributed by atoms with Crippen molar-refractivity contribution < 1.29 is 5.11 Å². The lowest BCUT2D eigenvalue weighted by Crippen LogP contribution is -2.14. The lowest BCUT2D eigenvalue weighted by Gasteiger charge is -2.27. The van der Waals surface area contributed by atoms with Crippen molar-refractivity contribution in [2.45, 2.75) is 65.7 Å². The van der Waals surface area contributed by atoms with Gasteiger partial charge < -0.3 is 5.11 Å². The van der Waals surface area contributed by atoms with Gasteiger partial charge in [-0.2, -0.15) is 0 Å². The first kappa shape index (κ1) is 39.3. The van der Waals surface area contributed by atoms with E-state index in [1.54, 1.807) is 6.07 Å². The van der Waals surface area contributed by atoms with Crippen molar-refractivity contribution in [2.24, 2.45) is 0 Å². The lowest BCUT2D eigenvalue weighted by atomic mass is 9.78. The highest BCUT2D eigenvalue weighted by atomic mass is 16.3. The first-order valence-electron chi connectivity index (χ1n) is 20.8. The van der Waals surface area contributed by atoms with Gasteiger partial charge in [0.1, 0.15) is 5.75 Å². The smallest absolute Gasteiger partial charge is 0.124 e. The third-order valence-corrected chi connectivity index (χ3v) is 11.3. The van der Waals surface area contributed by atoms with E-state index in [0.717, 1.165) is 55.9 Å². The molecule has 0 bridgehead atoms. The van der Waals surface area contributed by atoms with Gasteiger partial charge in [-0.15, -0.1) is 0 Å². The molecule has 0 aliphatic heterocycles. The molecule has 0 amide bonds. The van der Waals surface area contributed by atoms with E-state index >= 15 is 0 Å². The van der Waals surface area contributed by atoms with Gasteiger partial charge in [0.2, 0.25) is 0 Å². The number of phenols is 1. The Bertz CT molecular complexity index is 2670. The Balaban J connectivity index is 1.28. The summed E-state index contributed by atoms with van der Waals surface area (Å²) in [7, 11) is 0. The van der Waals surface area contributed by atoms with E-state index in [1.807, 2.05) is 24.4 Å². The maximum atomic E-state index is 11.1. The minimum Gasteiger partial charge on any atom is -0.507 e. The summed E-state index contributed by atoms with van der Waals surface area (Å²) < 4.78 is 0. The van der Waals surface area contributed by atoms with Crippen molar-refractivity contribution >= 4 is 0 Å². The van der Waals surface area contributed by atoms with Crippen molar-refractivity contribution in [3.63, 3.8) is 0 Å². The molecule has 0 saturated heterocycles. The zero-order chi connectivity index (χ0) is 41.3. The van der Waals surface area contributed by atoms with Gasteiger partial charge in [0, 0.05) is 22.9 Å². The fourth-order valence-electron chi connectivity index (χ4n) is 8.01. The summed E-state index contributed by atoms with van der Waals surface area (Å²) in [6, 6.07) is 57.3. The number of benzene rings is 6. The Kier molecular flexibility index (Phi) is 10.9. The molecule has 2 heterocycles. The first-order chi connectivity index (χ1) is 28.4. The lowest BCUT2D eigenvalue weighted by molar-refractivity contribution is 0.477. The van der Waals surface area contributed by atoms with Gasteiger partial charge in [-0.1, -0.05) is 152 Å². The topological polar surface area (TPSA) is 46.0 Å². The zero-order valence-corrected chi connectivity index (χ0v) is 35.2. The zero-order valence-electron chi connectivity index (χ0n) is 35.2. The number of hydrogen-bond acceptors (Lipinski definition) is 3. The summed E-state index contributed by atoms with van der Waals surface area (Å²) >= 11 is 0. The van der Waals surface area contributed by atoms with Crippen molar-refractivity contribution in [1.82, 2.24) is 9.97 Å². The fourth-order valence-corrected chi connectivity index (χ4v) is 8.01. The maximum absolute atomic E-state index is 11.1. The van der Waals surface area contributed by atoms with E-state index in [0.29, 0.717) is 23.1 Å². The minimum atomic E-state index is 0.0506. The molecular weight excluding hydrogens is 717 g/mol. The van der Waals surface area contributed by atoms with Crippen LogP contribution in [0.3, 0.4) is 0 Å². The molecule has 0 aliphatic carbocycles. The highest BCUT2D eigenvalue weighted by molar-refractivity contribution is 5.85. The number of nitrogens with zero attached hydrogens (tertiary/aromatic N) is 2. The molecule has 2 aromatic heterocycles. The third kappa shape index (κ3) is 8.38. The molecular formula is C56H52N2O. The highest BCUT2D eigenvalue weighted by Gasteiger charge is 2.23. The Labute approximate surface area is 350 Å². The minimum absolute atomic E-state index is 0.0506. The van der Waals surface area contributed by atoms with Crippen molar-refractivity contribution in [2.75, 3.05) is 0 Å². The first-order valence-corrected chi connectivity index (χ1v) is 20.8. The summed E-state index contributed by atoms with van der Waals surface area (Å²) in [6.45, 7) is 16.1. The van der Waals surface area contributed by atoms with Gasteiger partial charge in [0.25, 0.3) is 0 Å². The van der Waals surface area contributed by atoms with E-state index < -0.39 is 0 Å². The Hall–Kier alpha value is -6.58. The van der Waals surface area contributed by atoms with Gasteiger partial charge >= 0.3 is 0 Å². The van der Waals surface area contributed by atoms with Crippen LogP contribution in [0.1, 0.15) is 77.0 Å². The Morgan fingerprint density at radius 2 is 0.881 bits per heavy atom. The van der Waals surface area contributed by atoms with Crippen LogP contribution < -0.4 is 0 Å². The van der Waals surface area contributed by atoms with E-state index in [9.17, 15) is 5.11 Å². The second-order valence-corrected chi connectivity index (χ2v) is 17.3. The SMILES string of the molecule is CC(C)c1cc(C(C)(C)C)cc(C(C)C)c1-c1ccnc(-c2cccc(-c3cc(-c4cc(-c5ccccc5)cc(-c5ccccc5)c4)cc(-c4ccccc4O)n3)c2)c1. The van der Waals surface area contributed by atoms with Crippen LogP contribution >= 0.6 is 0 Å². The summed E-state index contributed by atoms with van der Waals surface area (Å²) in [5.41, 5.74) is 18.4. The van der Waals surface area contributed by atoms with Crippen LogP contribution in [0, 0.1) is 0 Å². The normalized spacial score (nSPS) is 11.7. The summed E-state index contributed by atoms with van der Waals surface area (Å²) in [6.07, 6.45) is 1.95. The van der Waals surface area contributed by atoms with E-state index in [2.05, 4.69) is 188 Å². The van der Waals surface area contributed by atoms with Crippen LogP contribution in [0.5, 0.6) is 5.75 Å². The molecule has 0 aliphatic rings. The van der Waals surface area contributed by atoms with Crippen LogP contribution in [0.2, 0.25) is 0 Å². The molecule has 6 aromatic carbocycles. The van der Waals surface area contributed by atoms with Crippen LogP contribution in [-0.4, -0.2) is 15.1 Å². The molecule has 59 heavy (non-hydrogen) atoms. The number of rotatable bonds is 9. The number of aromatic nitrogens is 2. The summed E-state index contributed by atoms with van der Waals surface area (Å²) in [5, 5.41) is 11.1. The quantitative estimate of drug-likeness (QED) is 0.159. The van der Waals surface area contributed by atoms with Gasteiger partial charge in [-0.05, 0) is 139 Å². The van der Waals surface area contributed by atoms with Gasteiger partial charge in [-0.25, -0.2) is 4.98 Å². The van der Waals surface area contributed by atoms with Crippen LogP contribution in [0.25, 0.3) is 78.3 Å². The number of phenolic OH excluding ortho intramolecular Hbond substituents is 1. The van der Waals surface area contributed by atoms with E-state index in [-0.39, 0.29) is 11.2 Å². The highest BCUT2D eigenvalue weighted by Crippen LogP contribution is 2.42. The van der Waals surface area contributed by atoms with Crippen molar-refractivity contribution in [3.05, 3.63) is 187 Å². The van der Waals surface area contributed by atoms with Crippen LogP contribution in [0.4, 0.5) is 0 Å². The standard InChI is InChI=1S/C56H52N2O/c1-36(2)49-34-47(56(5,6)7)35-50(37(3)4)55(49)42-25-26-57-51(31-42)40-21-16-22-41(27-40)52-32-46(33-53(58-52)48-23-14-15-24-54(48)59)45-29-43(38-17-10-8-11-18-38)28-44(30-45)39-19-12-9-13-20-39/h8-37,59H,1-7H3. The Morgan fingerprint density at radius 3 is 1.44 bits per heavy atom. The van der Waals surface area contributed by atoms with Crippen molar-refractivity contribution in [3.8, 4) is 84.0 Å². The van der Waals surface area contributed by atoms with Gasteiger partial charge in [0.05, 0.1) is 17.1 Å². The van der Waals surface area contributed by atoms with Gasteiger partial charge in [-0.3, -0.25) is 4.98 Å². The molecule has 0 spiro atoms. The number of aromatic hydroxyl groups is 1. The van der Waals surface area contributed by atoms with E-state index in [1.165, 1.54) is 27.8 Å². The maximum Gasteiger partial charge on any atom is 0.124 e. The number of hydrogen-bond donors (Lipinski definition) is 1. The molecule has 8 aromatic rings. The molecule has 3 heteroatoms. The summed E-state index contributed by atoms with van der Waals surface area (Å²) in [5.74, 6) is 0.912. The predicted molar refractivity (Wildman–Crippen MR) is 249 cm³/mol. The Morgan fingerprint density at radius 1 is 0.424 bits per heavy atom. The molecule has 292 valence electrons. The van der Waals surface area contributed by atoms with E-state index in [4.69, 9.17) is 9.97 Å². The summed E-state index contributed by atoms with van der Waals surface area (Å²) in [4.78, 5) is 10.2. The monoisotopic (exact) mass is 768 g/mol. The fraction of sp³-hybridized carbons (Fsp3) is 0.179. The number of pyridine rings is 2. The average Bonchev–Trinajstić information content (AvgIpc) is 3.26. The molecule has 0 saturated carbocycles. The largest absolute Gasteiger partial charge is 0.507 e. The molecule has 8 rings (SSSR count).